The largest absolute Gasteiger partial charge is 0.508 e. The van der Waals surface area contributed by atoms with E-state index in [0.29, 0.717) is 0 Å². The summed E-state index contributed by atoms with van der Waals surface area (Å²) in [7, 11) is 0. The van der Waals surface area contributed by atoms with E-state index in [9.17, 15) is 66.1 Å². The summed E-state index contributed by atoms with van der Waals surface area (Å²) in [4.78, 5) is 13.4. The highest BCUT2D eigenvalue weighted by atomic mass is 16.6. The lowest BCUT2D eigenvalue weighted by atomic mass is 9.77. The Morgan fingerprint density at radius 3 is 1.68 bits per heavy atom. The minimum Gasteiger partial charge on any atom is -0.508 e. The molecule has 0 aliphatic carbocycles. The number of phenolic OH excluding ortho intramolecular Hbond substituents is 11. The minimum atomic E-state index is -1.75. The Balaban J connectivity index is 1.40. The Hall–Kier alpha value is -7.07. The topological polar surface area (TPSA) is 288 Å². The predicted octanol–water partition coefficient (Wildman–Crippen LogP) is 3.98. The summed E-state index contributed by atoms with van der Waals surface area (Å²) < 4.78 is 18.1. The summed E-state index contributed by atoms with van der Waals surface area (Å²) in [5.74, 6) is -9.54. The first-order chi connectivity index (χ1) is 25.1. The number of aliphatic hydroxyl groups is 1. The van der Waals surface area contributed by atoms with Gasteiger partial charge in [0.05, 0.1) is 11.5 Å². The molecule has 2 aliphatic heterocycles. The van der Waals surface area contributed by atoms with Crippen molar-refractivity contribution >= 4 is 5.97 Å². The molecule has 2 heterocycles. The maximum atomic E-state index is 13.4. The number of phenols is 11. The number of hydrogen-bond donors (Lipinski definition) is 12. The fourth-order valence-electron chi connectivity index (χ4n) is 6.85. The van der Waals surface area contributed by atoms with Crippen molar-refractivity contribution in [2.45, 2.75) is 36.8 Å². The van der Waals surface area contributed by atoms with Crippen LogP contribution >= 0.6 is 0 Å². The Bertz CT molecular complexity index is 2240. The van der Waals surface area contributed by atoms with Gasteiger partial charge in [-0.2, -0.15) is 0 Å². The molecular formula is C37H30O16. The van der Waals surface area contributed by atoms with Crippen molar-refractivity contribution in [3.63, 3.8) is 0 Å². The number of carbonyl (C=O) groups excluding carboxylic acids is 1. The molecule has 0 saturated carbocycles. The fraction of sp³-hybridized carbons (Fsp3) is 0.162. The number of fused-ring (bicyclic) bond motifs is 2. The van der Waals surface area contributed by atoms with Crippen molar-refractivity contribution in [1.29, 1.82) is 0 Å². The number of carbonyl (C=O) groups is 1. The van der Waals surface area contributed by atoms with Crippen LogP contribution in [-0.2, 0) is 11.2 Å². The highest BCUT2D eigenvalue weighted by Crippen LogP contribution is 2.57. The van der Waals surface area contributed by atoms with Crippen LogP contribution in [0.15, 0.2) is 66.7 Å². The van der Waals surface area contributed by atoms with Gasteiger partial charge < -0.3 is 75.5 Å². The van der Waals surface area contributed by atoms with E-state index in [2.05, 4.69) is 0 Å². The summed E-state index contributed by atoms with van der Waals surface area (Å²) in [5.41, 5.74) is -0.801. The number of ether oxygens (including phenoxy) is 3. The first kappa shape index (κ1) is 34.4. The van der Waals surface area contributed by atoms with E-state index >= 15 is 0 Å². The zero-order chi connectivity index (χ0) is 38.0. The maximum absolute atomic E-state index is 13.4. The zero-order valence-electron chi connectivity index (χ0n) is 26.9. The summed E-state index contributed by atoms with van der Waals surface area (Å²) in [6, 6.07) is 11.4. The Kier molecular flexibility index (Phi) is 8.18. The average Bonchev–Trinajstić information content (AvgIpc) is 3.06. The lowest BCUT2D eigenvalue weighted by Crippen LogP contribution is -2.38. The Labute approximate surface area is 297 Å². The summed E-state index contributed by atoms with van der Waals surface area (Å²) >= 11 is 0. The molecular weight excluding hydrogens is 700 g/mol. The van der Waals surface area contributed by atoms with Gasteiger partial charge >= 0.3 is 5.97 Å². The average molecular weight is 731 g/mol. The molecule has 16 heteroatoms. The number of aromatic hydroxyl groups is 11. The Morgan fingerprint density at radius 1 is 0.566 bits per heavy atom. The highest BCUT2D eigenvalue weighted by Gasteiger charge is 2.47. The van der Waals surface area contributed by atoms with Crippen molar-refractivity contribution in [2.24, 2.45) is 0 Å². The molecule has 0 fully saturated rings. The van der Waals surface area contributed by atoms with Crippen LogP contribution in [-0.4, -0.2) is 79.5 Å². The quantitative estimate of drug-likeness (QED) is 0.0899. The summed E-state index contributed by atoms with van der Waals surface area (Å²) in [6.07, 6.45) is -6.43. The van der Waals surface area contributed by atoms with Gasteiger partial charge in [0, 0.05) is 64.6 Å². The van der Waals surface area contributed by atoms with E-state index in [1.807, 2.05) is 0 Å². The minimum absolute atomic E-state index is 0.0185. The van der Waals surface area contributed by atoms with Crippen LogP contribution in [0.4, 0.5) is 0 Å². The van der Waals surface area contributed by atoms with Gasteiger partial charge in [0.15, 0.2) is 29.5 Å². The monoisotopic (exact) mass is 730 g/mol. The second-order valence-corrected chi connectivity index (χ2v) is 12.6. The second kappa shape index (κ2) is 12.6. The van der Waals surface area contributed by atoms with Gasteiger partial charge in [-0.25, -0.2) is 4.79 Å². The van der Waals surface area contributed by atoms with Crippen LogP contribution in [0.1, 0.15) is 56.3 Å². The molecule has 0 radical (unpaired) electrons. The third-order valence-corrected chi connectivity index (χ3v) is 9.07. The van der Waals surface area contributed by atoms with Crippen molar-refractivity contribution in [3.8, 4) is 74.7 Å². The predicted molar refractivity (Wildman–Crippen MR) is 178 cm³/mol. The lowest BCUT2D eigenvalue weighted by molar-refractivity contribution is -0.0210. The summed E-state index contributed by atoms with van der Waals surface area (Å²) in [6.45, 7) is 0. The van der Waals surface area contributed by atoms with Crippen LogP contribution < -0.4 is 9.47 Å². The molecule has 0 saturated heterocycles. The van der Waals surface area contributed by atoms with Gasteiger partial charge in [0.1, 0.15) is 69.7 Å². The van der Waals surface area contributed by atoms with Crippen LogP contribution in [0.3, 0.4) is 0 Å². The van der Waals surface area contributed by atoms with Crippen molar-refractivity contribution in [3.05, 3.63) is 100 Å². The molecule has 1 unspecified atom stereocenters. The van der Waals surface area contributed by atoms with Crippen LogP contribution in [0.25, 0.3) is 0 Å². The number of benzene rings is 5. The van der Waals surface area contributed by atoms with E-state index in [4.69, 9.17) is 14.2 Å². The van der Waals surface area contributed by atoms with E-state index in [0.717, 1.165) is 42.5 Å². The molecule has 2 aliphatic rings. The number of rotatable bonds is 5. The van der Waals surface area contributed by atoms with Crippen molar-refractivity contribution < 1.29 is 80.3 Å². The van der Waals surface area contributed by atoms with Crippen LogP contribution in [0, 0.1) is 0 Å². The molecule has 12 N–H and O–H groups in total. The molecule has 0 bridgehead atoms. The SMILES string of the molecule is O=C(O[C@@H]1Cc2c(O)cc(O)c(C3c4c(O)cc(O)cc4O[C@H](c4cc(O)cc(O)c4)[C@@H]3O)c2O[C@@H]1c1cc(O)cc(O)c1)c1cc(O)c(O)c(O)c1. The molecule has 16 nitrogen and oxygen atoms in total. The summed E-state index contributed by atoms with van der Waals surface area (Å²) in [5, 5.41) is 127. The number of hydrogen-bond acceptors (Lipinski definition) is 16. The van der Waals surface area contributed by atoms with Crippen LogP contribution in [0.2, 0.25) is 0 Å². The van der Waals surface area contributed by atoms with Gasteiger partial charge in [-0.05, 0) is 36.4 Å². The Morgan fingerprint density at radius 2 is 1.09 bits per heavy atom. The fourth-order valence-corrected chi connectivity index (χ4v) is 6.85. The normalized spacial score (nSPS) is 20.4. The molecule has 5 aromatic carbocycles. The molecule has 0 amide bonds. The van der Waals surface area contributed by atoms with E-state index < -0.39 is 100 Å². The molecule has 0 spiro atoms. The highest BCUT2D eigenvalue weighted by molar-refractivity contribution is 5.91. The zero-order valence-corrected chi connectivity index (χ0v) is 26.9. The smallest absolute Gasteiger partial charge is 0.338 e. The third kappa shape index (κ3) is 6.06. The van der Waals surface area contributed by atoms with E-state index in [1.165, 1.54) is 24.3 Å². The van der Waals surface area contributed by atoms with E-state index in [1.54, 1.807) is 0 Å². The second-order valence-electron chi connectivity index (χ2n) is 12.6. The van der Waals surface area contributed by atoms with Gasteiger partial charge in [-0.3, -0.25) is 0 Å². The molecule has 5 aromatic rings. The molecule has 0 aromatic heterocycles. The first-order valence-corrected chi connectivity index (χ1v) is 15.8. The van der Waals surface area contributed by atoms with Crippen molar-refractivity contribution in [2.75, 3.05) is 0 Å². The molecule has 53 heavy (non-hydrogen) atoms. The first-order valence-electron chi connectivity index (χ1n) is 15.8. The lowest BCUT2D eigenvalue weighted by Gasteiger charge is -2.40. The number of aliphatic hydroxyl groups excluding tert-OH is 1. The van der Waals surface area contributed by atoms with Gasteiger partial charge in [-0.1, -0.05) is 0 Å². The molecule has 5 atom stereocenters. The number of esters is 1. The van der Waals surface area contributed by atoms with Crippen LogP contribution in [0.5, 0.6) is 74.7 Å². The third-order valence-electron chi connectivity index (χ3n) is 9.07. The maximum Gasteiger partial charge on any atom is 0.338 e. The van der Waals surface area contributed by atoms with E-state index in [-0.39, 0.29) is 50.8 Å². The van der Waals surface area contributed by atoms with Gasteiger partial charge in [0.25, 0.3) is 0 Å². The van der Waals surface area contributed by atoms with Gasteiger partial charge in [-0.15, -0.1) is 0 Å². The molecule has 274 valence electrons. The molecule has 7 rings (SSSR count). The standard InChI is InChI=1S/C37H30O16/c38-16-1-13(2-17(39)7-16)34-28(52-37(50)15-5-25(46)32(48)26(47)6-15)11-21-22(43)12-24(45)30(36(21)53-34)31-29-23(44)9-20(42)10-27(29)51-35(33(31)49)14-3-18(40)8-19(41)4-14/h1-10,12,28,31,33-35,38-49H,11H2/t28-,31?,33-,34-,35-/m1/s1. The van der Waals surface area contributed by atoms with Crippen molar-refractivity contribution in [1.82, 2.24) is 0 Å². The van der Waals surface area contributed by atoms with Gasteiger partial charge in [0.2, 0.25) is 0 Å².